The van der Waals surface area contributed by atoms with Crippen LogP contribution in [0.1, 0.15) is 45.4 Å². The van der Waals surface area contributed by atoms with Crippen LogP contribution in [0.3, 0.4) is 0 Å². The highest BCUT2D eigenvalue weighted by molar-refractivity contribution is 7.94. The average Bonchev–Trinajstić information content (AvgIpc) is 2.69. The van der Waals surface area contributed by atoms with E-state index in [1.165, 1.54) is 6.08 Å². The van der Waals surface area contributed by atoms with Crippen molar-refractivity contribution in [2.24, 2.45) is 0 Å². The third kappa shape index (κ3) is 6.04. The smallest absolute Gasteiger partial charge is 0.335 e. The summed E-state index contributed by atoms with van der Waals surface area (Å²) in [5, 5.41) is 7.13. The quantitative estimate of drug-likeness (QED) is 0.543. The molecule has 11 heteroatoms. The number of carboxylic acid groups (broad SMARTS) is 1. The highest BCUT2D eigenvalue weighted by Crippen LogP contribution is 2.35. The van der Waals surface area contributed by atoms with Gasteiger partial charge in [-0.3, -0.25) is 9.59 Å². The summed E-state index contributed by atoms with van der Waals surface area (Å²) in [4.78, 5) is 36.0. The fourth-order valence-corrected chi connectivity index (χ4v) is 5.61. The molecule has 0 bridgehead atoms. The van der Waals surface area contributed by atoms with Crippen molar-refractivity contribution in [2.45, 2.75) is 50.7 Å². The van der Waals surface area contributed by atoms with E-state index in [2.05, 4.69) is 0 Å². The van der Waals surface area contributed by atoms with Crippen LogP contribution in [-0.2, 0) is 29.1 Å². The molecule has 0 saturated carbocycles. The Morgan fingerprint density at radius 2 is 2.00 bits per heavy atom. The number of hydrogen-bond donors (Lipinski definition) is 1. The van der Waals surface area contributed by atoms with E-state index < -0.39 is 45.4 Å². The predicted octanol–water partition coefficient (Wildman–Crippen LogP) is 3.44. The van der Waals surface area contributed by atoms with Gasteiger partial charge in [0.05, 0.1) is 22.9 Å². The number of sulfonamides is 1. The molecule has 1 aromatic rings. The van der Waals surface area contributed by atoms with Crippen LogP contribution < -0.4 is 4.31 Å². The SMILES string of the molecule is CCOC(=O)C1=CCCCC1S(=O)(=O)N(C(=O)CCCC(=O)O)c1ccc(F)cc1Cl. The Labute approximate surface area is 184 Å². The molecule has 0 radical (unpaired) electrons. The van der Waals surface area contributed by atoms with Crippen LogP contribution in [0.15, 0.2) is 29.8 Å². The van der Waals surface area contributed by atoms with Crippen molar-refractivity contribution in [2.75, 3.05) is 10.9 Å². The van der Waals surface area contributed by atoms with E-state index in [4.69, 9.17) is 21.4 Å². The molecule has 1 N–H and O–H groups in total. The number of nitrogens with zero attached hydrogens (tertiary/aromatic N) is 1. The maximum absolute atomic E-state index is 13.6. The maximum Gasteiger partial charge on any atom is 0.335 e. The molecule has 1 amide bonds. The number of carboxylic acids is 1. The summed E-state index contributed by atoms with van der Waals surface area (Å²) in [6, 6.07) is 2.88. The summed E-state index contributed by atoms with van der Waals surface area (Å²) in [6.07, 6.45) is 1.64. The van der Waals surface area contributed by atoms with Gasteiger partial charge in [-0.15, -0.1) is 0 Å². The van der Waals surface area contributed by atoms with E-state index in [0.717, 1.165) is 18.2 Å². The molecule has 0 spiro atoms. The van der Waals surface area contributed by atoms with E-state index in [9.17, 15) is 27.2 Å². The minimum absolute atomic E-state index is 0.0462. The second-order valence-electron chi connectivity index (χ2n) is 6.85. The van der Waals surface area contributed by atoms with Gasteiger partial charge in [-0.1, -0.05) is 17.7 Å². The molecule has 8 nitrogen and oxygen atoms in total. The minimum Gasteiger partial charge on any atom is -0.481 e. The molecule has 1 aliphatic carbocycles. The zero-order valence-electron chi connectivity index (χ0n) is 16.8. The standard InChI is InChI=1S/C20H23ClFNO7S/c1-2-30-20(27)14-6-3-4-7-17(14)31(28,29)23(18(24)8-5-9-19(25)26)16-11-10-13(22)12-15(16)21/h6,10-12,17H,2-5,7-9H2,1H3,(H,25,26). The fraction of sp³-hybridized carbons (Fsp3) is 0.450. The lowest BCUT2D eigenvalue weighted by Gasteiger charge is -2.30. The molecular formula is C20H23ClFNO7S. The molecule has 170 valence electrons. The number of benzene rings is 1. The van der Waals surface area contributed by atoms with Crippen molar-refractivity contribution >= 4 is 45.2 Å². The Morgan fingerprint density at radius 3 is 2.61 bits per heavy atom. The predicted molar refractivity (Wildman–Crippen MR) is 112 cm³/mol. The van der Waals surface area contributed by atoms with E-state index in [1.807, 2.05) is 0 Å². The summed E-state index contributed by atoms with van der Waals surface area (Å²) in [7, 11) is -4.51. The lowest BCUT2D eigenvalue weighted by Crippen LogP contribution is -2.45. The Bertz CT molecular complexity index is 993. The molecule has 1 unspecified atom stereocenters. The number of carbonyl (C=O) groups excluding carboxylic acids is 2. The molecule has 0 saturated heterocycles. The number of hydrogen-bond acceptors (Lipinski definition) is 6. The zero-order valence-corrected chi connectivity index (χ0v) is 18.4. The van der Waals surface area contributed by atoms with Crippen LogP contribution in [0, 0.1) is 5.82 Å². The molecule has 0 heterocycles. The zero-order chi connectivity index (χ0) is 23.2. The lowest BCUT2D eigenvalue weighted by atomic mass is 9.99. The first kappa shape index (κ1) is 24.8. The van der Waals surface area contributed by atoms with Gasteiger partial charge in [0.25, 0.3) is 0 Å². The Hall–Kier alpha value is -2.46. The number of allylic oxidation sites excluding steroid dienone is 1. The van der Waals surface area contributed by atoms with Crippen molar-refractivity contribution in [1.29, 1.82) is 0 Å². The number of carbonyl (C=O) groups is 3. The fourth-order valence-electron chi connectivity index (χ4n) is 3.27. The number of amides is 1. The van der Waals surface area contributed by atoms with Gasteiger partial charge >= 0.3 is 11.9 Å². The van der Waals surface area contributed by atoms with Gasteiger partial charge in [-0.25, -0.2) is 21.9 Å². The molecule has 2 rings (SSSR count). The van der Waals surface area contributed by atoms with Gasteiger partial charge in [0, 0.05) is 12.8 Å². The van der Waals surface area contributed by atoms with Crippen LogP contribution in [0.4, 0.5) is 10.1 Å². The summed E-state index contributed by atoms with van der Waals surface area (Å²) in [6.45, 7) is 1.63. The van der Waals surface area contributed by atoms with Crippen LogP contribution in [-0.4, -0.2) is 43.2 Å². The van der Waals surface area contributed by atoms with Crippen molar-refractivity contribution in [1.82, 2.24) is 0 Å². The van der Waals surface area contributed by atoms with Crippen molar-refractivity contribution < 1.29 is 37.0 Å². The summed E-state index contributed by atoms with van der Waals surface area (Å²) in [5.41, 5.74) is -0.341. The number of halogens is 2. The van der Waals surface area contributed by atoms with Crippen LogP contribution in [0.2, 0.25) is 5.02 Å². The Morgan fingerprint density at radius 1 is 1.29 bits per heavy atom. The molecular weight excluding hydrogens is 453 g/mol. The summed E-state index contributed by atoms with van der Waals surface area (Å²) < 4.78 is 46.1. The number of aliphatic carboxylic acids is 1. The number of ether oxygens (including phenoxy) is 1. The van der Waals surface area contributed by atoms with Crippen LogP contribution >= 0.6 is 11.6 Å². The normalized spacial score (nSPS) is 16.4. The monoisotopic (exact) mass is 475 g/mol. The summed E-state index contributed by atoms with van der Waals surface area (Å²) in [5.74, 6) is -3.58. The molecule has 0 aromatic heterocycles. The van der Waals surface area contributed by atoms with Gasteiger partial charge in [-0.2, -0.15) is 0 Å². The Balaban J connectivity index is 2.51. The van der Waals surface area contributed by atoms with Gasteiger partial charge < -0.3 is 9.84 Å². The lowest BCUT2D eigenvalue weighted by molar-refractivity contribution is -0.139. The number of anilines is 1. The van der Waals surface area contributed by atoms with Gasteiger partial charge in [0.2, 0.25) is 15.9 Å². The molecule has 0 fully saturated rings. The summed E-state index contributed by atoms with van der Waals surface area (Å²) >= 11 is 6.05. The molecule has 1 atom stereocenters. The van der Waals surface area contributed by atoms with E-state index in [-0.39, 0.29) is 42.2 Å². The Kier molecular flexibility index (Phi) is 8.58. The first-order valence-corrected chi connectivity index (χ1v) is 11.6. The van der Waals surface area contributed by atoms with E-state index in [0.29, 0.717) is 17.1 Å². The first-order valence-electron chi connectivity index (χ1n) is 9.70. The van der Waals surface area contributed by atoms with Gasteiger partial charge in [-0.05, 0) is 50.8 Å². The van der Waals surface area contributed by atoms with Gasteiger partial charge in [0.15, 0.2) is 0 Å². The minimum atomic E-state index is -4.51. The molecule has 0 aliphatic heterocycles. The van der Waals surface area contributed by atoms with E-state index >= 15 is 0 Å². The second-order valence-corrected chi connectivity index (χ2v) is 9.22. The first-order chi connectivity index (χ1) is 14.6. The third-order valence-corrected chi connectivity index (χ3v) is 7.06. The largest absolute Gasteiger partial charge is 0.481 e. The van der Waals surface area contributed by atoms with Gasteiger partial charge in [0.1, 0.15) is 11.1 Å². The highest BCUT2D eigenvalue weighted by Gasteiger charge is 2.42. The topological polar surface area (TPSA) is 118 Å². The molecule has 1 aromatic carbocycles. The maximum atomic E-state index is 13.6. The number of rotatable bonds is 9. The molecule has 1 aliphatic rings. The second kappa shape index (κ2) is 10.7. The molecule has 31 heavy (non-hydrogen) atoms. The van der Waals surface area contributed by atoms with Crippen molar-refractivity contribution in [3.63, 3.8) is 0 Å². The average molecular weight is 476 g/mol. The highest BCUT2D eigenvalue weighted by atomic mass is 35.5. The third-order valence-electron chi connectivity index (χ3n) is 4.64. The number of esters is 1. The van der Waals surface area contributed by atoms with Crippen LogP contribution in [0.25, 0.3) is 0 Å². The van der Waals surface area contributed by atoms with Crippen molar-refractivity contribution in [3.8, 4) is 0 Å². The van der Waals surface area contributed by atoms with Crippen LogP contribution in [0.5, 0.6) is 0 Å². The van der Waals surface area contributed by atoms with Crippen molar-refractivity contribution in [3.05, 3.63) is 40.7 Å². The van der Waals surface area contributed by atoms with E-state index in [1.54, 1.807) is 6.92 Å².